The lowest BCUT2D eigenvalue weighted by molar-refractivity contribution is -0.145. The van der Waals surface area contributed by atoms with Gasteiger partial charge in [-0.15, -0.1) is 0 Å². The molecule has 2 heterocycles. The van der Waals surface area contributed by atoms with Crippen molar-refractivity contribution >= 4 is 41.0 Å². The number of fused-ring (bicyclic) bond motifs is 1. The number of esters is 2. The van der Waals surface area contributed by atoms with Crippen LogP contribution < -0.4 is 24.4 Å². The monoisotopic (exact) mass is 588 g/mol. The van der Waals surface area contributed by atoms with Crippen LogP contribution in [0.5, 0.6) is 11.5 Å². The van der Waals surface area contributed by atoms with Crippen molar-refractivity contribution in [3.63, 3.8) is 0 Å². The molecule has 0 bridgehead atoms. The van der Waals surface area contributed by atoms with Crippen LogP contribution >= 0.6 is 22.9 Å². The second-order valence-corrected chi connectivity index (χ2v) is 9.90. The van der Waals surface area contributed by atoms with Crippen molar-refractivity contribution in [3.8, 4) is 11.5 Å². The second kappa shape index (κ2) is 12.5. The summed E-state index contributed by atoms with van der Waals surface area (Å²) in [6.45, 7) is 5.03. The molecule has 0 saturated heterocycles. The number of rotatable bonds is 9. The lowest BCUT2D eigenvalue weighted by Gasteiger charge is -2.24. The first-order valence-corrected chi connectivity index (χ1v) is 13.5. The van der Waals surface area contributed by atoms with E-state index in [9.17, 15) is 18.8 Å². The third-order valence-corrected chi connectivity index (χ3v) is 7.16. The van der Waals surface area contributed by atoms with Crippen LogP contribution in [0.3, 0.4) is 0 Å². The SMILES string of the molecule is CCOC(=O)COc1c(Cl)cc(/C=c2\sc3n(c2=O)[C@@H](c2ccc(F)cc2)C(C(=O)OCC)=C(C)N=3)cc1OC. The Morgan fingerprint density at radius 3 is 2.50 bits per heavy atom. The molecule has 3 aromatic rings. The number of allylic oxidation sites excluding steroid dienone is 1. The zero-order valence-corrected chi connectivity index (χ0v) is 23.7. The van der Waals surface area contributed by atoms with Crippen molar-refractivity contribution in [1.82, 2.24) is 4.57 Å². The van der Waals surface area contributed by atoms with Gasteiger partial charge in [-0.1, -0.05) is 35.1 Å². The number of aromatic nitrogens is 1. The Kier molecular flexibility index (Phi) is 9.06. The number of hydrogen-bond acceptors (Lipinski definition) is 9. The van der Waals surface area contributed by atoms with Gasteiger partial charge in [-0.05, 0) is 62.2 Å². The Balaban J connectivity index is 1.82. The van der Waals surface area contributed by atoms with Crippen LogP contribution in [0.4, 0.5) is 4.39 Å². The van der Waals surface area contributed by atoms with E-state index < -0.39 is 29.4 Å². The smallest absolute Gasteiger partial charge is 0.344 e. The molecule has 1 aromatic heterocycles. The van der Waals surface area contributed by atoms with E-state index in [0.29, 0.717) is 26.2 Å². The van der Waals surface area contributed by atoms with Gasteiger partial charge >= 0.3 is 11.9 Å². The van der Waals surface area contributed by atoms with Gasteiger partial charge in [-0.2, -0.15) is 0 Å². The normalized spacial score (nSPS) is 14.8. The van der Waals surface area contributed by atoms with Crippen LogP contribution in [0.25, 0.3) is 6.08 Å². The van der Waals surface area contributed by atoms with Gasteiger partial charge in [-0.25, -0.2) is 19.0 Å². The summed E-state index contributed by atoms with van der Waals surface area (Å²) in [4.78, 5) is 43.3. The number of halogens is 2. The van der Waals surface area contributed by atoms with Gasteiger partial charge in [0, 0.05) is 0 Å². The van der Waals surface area contributed by atoms with E-state index in [1.165, 1.54) is 35.9 Å². The Morgan fingerprint density at radius 2 is 1.85 bits per heavy atom. The summed E-state index contributed by atoms with van der Waals surface area (Å²) >= 11 is 7.56. The van der Waals surface area contributed by atoms with E-state index in [1.54, 1.807) is 39.0 Å². The van der Waals surface area contributed by atoms with E-state index in [2.05, 4.69) is 4.99 Å². The van der Waals surface area contributed by atoms with Crippen molar-refractivity contribution in [3.05, 3.63) is 89.3 Å². The van der Waals surface area contributed by atoms with Crippen molar-refractivity contribution in [2.75, 3.05) is 26.9 Å². The van der Waals surface area contributed by atoms with E-state index in [4.69, 9.17) is 30.5 Å². The molecule has 0 radical (unpaired) electrons. The molecular formula is C28H26ClFN2O7S. The molecule has 9 nitrogen and oxygen atoms in total. The lowest BCUT2D eigenvalue weighted by atomic mass is 9.96. The van der Waals surface area contributed by atoms with E-state index in [0.717, 1.165) is 11.3 Å². The minimum Gasteiger partial charge on any atom is -0.493 e. The molecule has 0 spiro atoms. The van der Waals surface area contributed by atoms with E-state index in [1.807, 2.05) is 0 Å². The molecular weight excluding hydrogens is 563 g/mol. The van der Waals surface area contributed by atoms with Gasteiger partial charge in [-0.3, -0.25) is 9.36 Å². The number of benzene rings is 2. The Morgan fingerprint density at radius 1 is 1.15 bits per heavy atom. The Hall–Kier alpha value is -3.96. The van der Waals surface area contributed by atoms with Gasteiger partial charge in [0.2, 0.25) is 0 Å². The first kappa shape index (κ1) is 29.0. The average Bonchev–Trinajstić information content (AvgIpc) is 3.21. The fourth-order valence-corrected chi connectivity index (χ4v) is 5.52. The van der Waals surface area contributed by atoms with E-state index >= 15 is 0 Å². The number of methoxy groups -OCH3 is 1. The maximum atomic E-state index is 13.7. The summed E-state index contributed by atoms with van der Waals surface area (Å²) in [6.07, 6.45) is 1.61. The number of nitrogens with zero attached hydrogens (tertiary/aromatic N) is 2. The first-order chi connectivity index (χ1) is 19.2. The molecule has 0 N–H and O–H groups in total. The molecule has 12 heteroatoms. The van der Waals surface area contributed by atoms with Crippen molar-refractivity contribution in [2.45, 2.75) is 26.8 Å². The van der Waals surface area contributed by atoms with Gasteiger partial charge in [0.1, 0.15) is 5.82 Å². The van der Waals surface area contributed by atoms with Crippen LogP contribution in [0.15, 0.2) is 57.5 Å². The van der Waals surface area contributed by atoms with Crippen LogP contribution in [0.1, 0.15) is 37.9 Å². The summed E-state index contributed by atoms with van der Waals surface area (Å²) in [5, 5.41) is 0.160. The average molecular weight is 589 g/mol. The molecule has 1 aliphatic heterocycles. The van der Waals surface area contributed by atoms with Gasteiger partial charge in [0.15, 0.2) is 22.9 Å². The third kappa shape index (κ3) is 5.95. The molecule has 0 saturated carbocycles. The fraction of sp³-hybridized carbons (Fsp3) is 0.286. The summed E-state index contributed by atoms with van der Waals surface area (Å²) < 4.78 is 36.5. The summed E-state index contributed by atoms with van der Waals surface area (Å²) in [6, 6.07) is 7.89. The molecule has 0 aliphatic carbocycles. The zero-order valence-electron chi connectivity index (χ0n) is 22.2. The number of hydrogen-bond donors (Lipinski definition) is 0. The third-order valence-electron chi connectivity index (χ3n) is 5.89. The van der Waals surface area contributed by atoms with Gasteiger partial charge < -0.3 is 18.9 Å². The predicted molar refractivity (Wildman–Crippen MR) is 147 cm³/mol. The standard InChI is InChI=1S/C28H26ClFN2O7S/c1-5-37-22(33)14-39-25-19(29)11-16(12-20(25)36-4)13-21-26(34)32-24(17-7-9-18(30)10-8-17)23(27(35)38-6-2)15(3)31-28(32)40-21/h7-13,24H,5-6,14H2,1-4H3/b21-13-/t24-/m0/s1. The van der Waals surface area contributed by atoms with Gasteiger partial charge in [0.25, 0.3) is 5.56 Å². The van der Waals surface area contributed by atoms with Crippen LogP contribution in [-0.4, -0.2) is 43.4 Å². The molecule has 2 aromatic carbocycles. The summed E-state index contributed by atoms with van der Waals surface area (Å²) in [7, 11) is 1.42. The summed E-state index contributed by atoms with van der Waals surface area (Å²) in [5.74, 6) is -1.21. The highest BCUT2D eigenvalue weighted by Gasteiger charge is 2.33. The second-order valence-electron chi connectivity index (χ2n) is 8.48. The minimum absolute atomic E-state index is 0.137. The van der Waals surface area contributed by atoms with E-state index in [-0.39, 0.29) is 41.9 Å². The van der Waals surface area contributed by atoms with Crippen LogP contribution in [0, 0.1) is 5.82 Å². The molecule has 210 valence electrons. The zero-order chi connectivity index (χ0) is 29.0. The molecule has 1 atom stereocenters. The molecule has 0 amide bonds. The Labute approximate surface area is 237 Å². The topological polar surface area (TPSA) is 105 Å². The van der Waals surface area contributed by atoms with Crippen LogP contribution in [0.2, 0.25) is 5.02 Å². The lowest BCUT2D eigenvalue weighted by Crippen LogP contribution is -2.39. The molecule has 40 heavy (non-hydrogen) atoms. The largest absolute Gasteiger partial charge is 0.493 e. The number of carbonyl (C=O) groups excluding carboxylic acids is 2. The summed E-state index contributed by atoms with van der Waals surface area (Å²) in [5.41, 5.74) is 1.23. The first-order valence-electron chi connectivity index (χ1n) is 12.3. The number of ether oxygens (including phenoxy) is 4. The molecule has 0 unspecified atom stereocenters. The highest BCUT2D eigenvalue weighted by molar-refractivity contribution is 7.07. The maximum absolute atomic E-state index is 13.7. The Bertz CT molecular complexity index is 1660. The fourth-order valence-electron chi connectivity index (χ4n) is 4.20. The van der Waals surface area contributed by atoms with Crippen LogP contribution in [-0.2, 0) is 19.1 Å². The molecule has 4 rings (SSSR count). The molecule has 1 aliphatic rings. The van der Waals surface area contributed by atoms with Crippen molar-refractivity contribution in [1.29, 1.82) is 0 Å². The molecule has 0 fully saturated rings. The highest BCUT2D eigenvalue weighted by Crippen LogP contribution is 2.37. The van der Waals surface area contributed by atoms with Crippen molar-refractivity contribution < 1.29 is 32.9 Å². The highest BCUT2D eigenvalue weighted by atomic mass is 35.5. The minimum atomic E-state index is -0.866. The quantitative estimate of drug-likeness (QED) is 0.352. The van der Waals surface area contributed by atoms with Crippen molar-refractivity contribution in [2.24, 2.45) is 4.99 Å². The number of carbonyl (C=O) groups is 2. The maximum Gasteiger partial charge on any atom is 0.344 e. The van der Waals surface area contributed by atoms with Gasteiger partial charge in [0.05, 0.1) is 47.2 Å². The predicted octanol–water partition coefficient (Wildman–Crippen LogP) is 3.54. The number of thiazole rings is 1.